The van der Waals surface area contributed by atoms with Crippen molar-refractivity contribution in [3.05, 3.63) is 36.0 Å². The third-order valence-corrected chi connectivity index (χ3v) is 3.91. The van der Waals surface area contributed by atoms with Crippen molar-refractivity contribution in [3.8, 4) is 0 Å². The van der Waals surface area contributed by atoms with Gasteiger partial charge in [-0.1, -0.05) is 18.2 Å². The van der Waals surface area contributed by atoms with E-state index in [9.17, 15) is 9.90 Å². The van der Waals surface area contributed by atoms with Crippen LogP contribution in [0.4, 0.5) is 5.69 Å². The summed E-state index contributed by atoms with van der Waals surface area (Å²) >= 11 is 0. The van der Waals surface area contributed by atoms with Crippen LogP contribution in [0.25, 0.3) is 10.9 Å². The third kappa shape index (κ3) is 2.88. The molecule has 2 atom stereocenters. The zero-order chi connectivity index (χ0) is 15.5. The number of aromatic nitrogens is 1. The topological polar surface area (TPSA) is 91.7 Å². The molecule has 0 radical (unpaired) electrons. The van der Waals surface area contributed by atoms with Crippen LogP contribution < -0.4 is 5.32 Å². The Morgan fingerprint density at radius 2 is 2.09 bits per heavy atom. The van der Waals surface area contributed by atoms with Gasteiger partial charge in [0, 0.05) is 18.1 Å². The number of hydrogen-bond acceptors (Lipinski definition) is 5. The molecule has 0 saturated carbocycles. The first-order valence-corrected chi connectivity index (χ1v) is 7.30. The van der Waals surface area contributed by atoms with Crippen molar-refractivity contribution in [3.63, 3.8) is 0 Å². The average molecular weight is 302 g/mol. The van der Waals surface area contributed by atoms with E-state index in [2.05, 4.69) is 10.3 Å². The van der Waals surface area contributed by atoms with Crippen molar-refractivity contribution in [2.45, 2.75) is 25.0 Å². The van der Waals surface area contributed by atoms with Crippen LogP contribution in [-0.2, 0) is 4.74 Å². The minimum Gasteiger partial charge on any atom is -0.478 e. The monoisotopic (exact) mass is 302 g/mol. The maximum atomic E-state index is 11.4. The lowest BCUT2D eigenvalue weighted by atomic mass is 10.1. The van der Waals surface area contributed by atoms with E-state index in [0.717, 1.165) is 23.7 Å². The number of fused-ring (bicyclic) bond motifs is 1. The molecule has 1 aromatic heterocycles. The second-order valence-electron chi connectivity index (χ2n) is 5.39. The standard InChI is InChI=1S/C16H18N2O4/c19-9-11-6-5-10(22-11)7-18-15-12-3-1-2-4-14(12)17-8-13(15)16(20)21/h1-4,8,10-11,19H,5-7,9H2,(H,17,18)(H,20,21)/t10-,11+/m1/s1. The number of nitrogens with zero attached hydrogens (tertiary/aromatic N) is 1. The van der Waals surface area contributed by atoms with Gasteiger partial charge in [0.05, 0.1) is 30.0 Å². The van der Waals surface area contributed by atoms with Gasteiger partial charge in [0.1, 0.15) is 5.56 Å². The lowest BCUT2D eigenvalue weighted by molar-refractivity contribution is 0.0175. The van der Waals surface area contributed by atoms with Gasteiger partial charge in [0.2, 0.25) is 0 Å². The molecular weight excluding hydrogens is 284 g/mol. The summed E-state index contributed by atoms with van der Waals surface area (Å²) in [5, 5.41) is 22.4. The predicted molar refractivity (Wildman–Crippen MR) is 82.2 cm³/mol. The van der Waals surface area contributed by atoms with Crippen LogP contribution in [0.15, 0.2) is 30.5 Å². The molecule has 6 nitrogen and oxygen atoms in total. The summed E-state index contributed by atoms with van der Waals surface area (Å²) in [5.74, 6) is -1.01. The van der Waals surface area contributed by atoms with Crippen LogP contribution in [0.3, 0.4) is 0 Å². The summed E-state index contributed by atoms with van der Waals surface area (Å²) in [4.78, 5) is 15.6. The number of aliphatic hydroxyl groups is 1. The molecule has 1 aliphatic heterocycles. The van der Waals surface area contributed by atoms with Gasteiger partial charge in [-0.25, -0.2) is 4.79 Å². The van der Waals surface area contributed by atoms with E-state index in [-0.39, 0.29) is 24.4 Å². The van der Waals surface area contributed by atoms with E-state index < -0.39 is 5.97 Å². The smallest absolute Gasteiger partial charge is 0.339 e. The van der Waals surface area contributed by atoms with Crippen molar-refractivity contribution in [1.29, 1.82) is 0 Å². The molecule has 0 unspecified atom stereocenters. The van der Waals surface area contributed by atoms with E-state index >= 15 is 0 Å². The van der Waals surface area contributed by atoms with E-state index in [1.54, 1.807) is 0 Å². The van der Waals surface area contributed by atoms with E-state index in [1.165, 1.54) is 6.20 Å². The minimum absolute atomic E-state index is 0.0225. The maximum absolute atomic E-state index is 11.4. The summed E-state index contributed by atoms with van der Waals surface area (Å²) in [6, 6.07) is 7.42. The molecule has 3 rings (SSSR count). The molecule has 0 amide bonds. The number of benzene rings is 1. The van der Waals surface area contributed by atoms with Gasteiger partial charge in [-0.3, -0.25) is 4.98 Å². The lowest BCUT2D eigenvalue weighted by Crippen LogP contribution is -2.22. The number of nitrogens with one attached hydrogen (secondary N) is 1. The number of para-hydroxylation sites is 1. The number of aromatic carboxylic acids is 1. The highest BCUT2D eigenvalue weighted by Gasteiger charge is 2.25. The summed E-state index contributed by atoms with van der Waals surface area (Å²) < 4.78 is 5.67. The summed E-state index contributed by atoms with van der Waals surface area (Å²) in [6.45, 7) is 0.528. The molecule has 22 heavy (non-hydrogen) atoms. The number of anilines is 1. The number of rotatable bonds is 5. The number of carbonyl (C=O) groups is 1. The Balaban J connectivity index is 1.85. The van der Waals surface area contributed by atoms with Gasteiger partial charge < -0.3 is 20.3 Å². The van der Waals surface area contributed by atoms with Gasteiger partial charge >= 0.3 is 5.97 Å². The molecule has 0 bridgehead atoms. The van der Waals surface area contributed by atoms with E-state index in [4.69, 9.17) is 9.84 Å². The maximum Gasteiger partial charge on any atom is 0.339 e. The fraction of sp³-hybridized carbons (Fsp3) is 0.375. The van der Waals surface area contributed by atoms with Crippen LogP contribution in [-0.4, -0.2) is 46.5 Å². The predicted octanol–water partition coefficient (Wildman–Crippen LogP) is 1.88. The van der Waals surface area contributed by atoms with Gasteiger partial charge in [-0.15, -0.1) is 0 Å². The molecule has 1 aliphatic rings. The average Bonchev–Trinajstić information content (AvgIpc) is 3.00. The molecule has 1 aromatic carbocycles. The zero-order valence-corrected chi connectivity index (χ0v) is 12.0. The molecular formula is C16H18N2O4. The SMILES string of the molecule is O=C(O)c1cnc2ccccc2c1NC[C@H]1CC[C@@H](CO)O1. The molecule has 116 valence electrons. The largest absolute Gasteiger partial charge is 0.478 e. The Kier molecular flexibility index (Phi) is 4.22. The molecule has 0 spiro atoms. The van der Waals surface area contributed by atoms with Crippen LogP contribution >= 0.6 is 0 Å². The molecule has 1 saturated heterocycles. The van der Waals surface area contributed by atoms with E-state index in [0.29, 0.717) is 12.2 Å². The van der Waals surface area contributed by atoms with Crippen LogP contribution in [0.1, 0.15) is 23.2 Å². The summed E-state index contributed by atoms with van der Waals surface area (Å²) in [5.41, 5.74) is 1.46. The fourth-order valence-corrected chi connectivity index (χ4v) is 2.77. The molecule has 0 aliphatic carbocycles. The number of carboxylic acid groups (broad SMARTS) is 1. The molecule has 1 fully saturated rings. The lowest BCUT2D eigenvalue weighted by Gasteiger charge is -2.16. The quantitative estimate of drug-likeness (QED) is 0.781. The number of ether oxygens (including phenoxy) is 1. The first-order valence-electron chi connectivity index (χ1n) is 7.30. The Bertz CT molecular complexity index is 689. The van der Waals surface area contributed by atoms with Gasteiger partial charge in [-0.2, -0.15) is 0 Å². The van der Waals surface area contributed by atoms with Crippen LogP contribution in [0.5, 0.6) is 0 Å². The second kappa shape index (κ2) is 6.29. The Hall–Kier alpha value is -2.18. The Morgan fingerprint density at radius 3 is 2.82 bits per heavy atom. The zero-order valence-electron chi connectivity index (χ0n) is 12.0. The second-order valence-corrected chi connectivity index (χ2v) is 5.39. The number of pyridine rings is 1. The highest BCUT2D eigenvalue weighted by Crippen LogP contribution is 2.27. The van der Waals surface area contributed by atoms with Gasteiger partial charge in [0.25, 0.3) is 0 Å². The summed E-state index contributed by atoms with van der Waals surface area (Å²) in [6.07, 6.45) is 2.92. The highest BCUT2D eigenvalue weighted by molar-refractivity contribution is 6.04. The van der Waals surface area contributed by atoms with Crippen LogP contribution in [0, 0.1) is 0 Å². The van der Waals surface area contributed by atoms with Crippen molar-refractivity contribution < 1.29 is 19.7 Å². The molecule has 2 heterocycles. The van der Waals surface area contributed by atoms with Crippen LogP contribution in [0.2, 0.25) is 0 Å². The van der Waals surface area contributed by atoms with Crippen molar-refractivity contribution in [2.24, 2.45) is 0 Å². The minimum atomic E-state index is -1.01. The third-order valence-electron chi connectivity index (χ3n) is 3.91. The Morgan fingerprint density at radius 1 is 1.32 bits per heavy atom. The summed E-state index contributed by atoms with van der Waals surface area (Å²) in [7, 11) is 0. The van der Waals surface area contributed by atoms with E-state index in [1.807, 2.05) is 24.3 Å². The number of hydrogen-bond donors (Lipinski definition) is 3. The Labute approximate surface area is 127 Å². The first-order chi connectivity index (χ1) is 10.7. The molecule has 3 N–H and O–H groups in total. The van der Waals surface area contributed by atoms with Crippen molar-refractivity contribution >= 4 is 22.6 Å². The fourth-order valence-electron chi connectivity index (χ4n) is 2.77. The number of carboxylic acids is 1. The van der Waals surface area contributed by atoms with Crippen molar-refractivity contribution in [2.75, 3.05) is 18.5 Å². The van der Waals surface area contributed by atoms with Gasteiger partial charge in [0.15, 0.2) is 0 Å². The molecule has 2 aromatic rings. The molecule has 6 heteroatoms. The first kappa shape index (κ1) is 14.7. The normalized spacial score (nSPS) is 21.1. The van der Waals surface area contributed by atoms with Crippen molar-refractivity contribution in [1.82, 2.24) is 4.98 Å². The highest BCUT2D eigenvalue weighted by atomic mass is 16.5. The number of aliphatic hydroxyl groups excluding tert-OH is 1. The van der Waals surface area contributed by atoms with Gasteiger partial charge in [-0.05, 0) is 18.9 Å².